The zero-order valence-electron chi connectivity index (χ0n) is 12.3. The second-order valence-corrected chi connectivity index (χ2v) is 5.08. The molecule has 3 aromatic rings. The third-order valence-electron chi connectivity index (χ3n) is 3.55. The lowest BCUT2D eigenvalue weighted by atomic mass is 9.98. The lowest BCUT2D eigenvalue weighted by Gasteiger charge is -2.15. The van der Waals surface area contributed by atoms with Crippen LogP contribution in [0.2, 0.25) is 0 Å². The van der Waals surface area contributed by atoms with E-state index in [2.05, 4.69) is 20.3 Å². The molecule has 7 nitrogen and oxygen atoms in total. The van der Waals surface area contributed by atoms with E-state index >= 15 is 0 Å². The van der Waals surface area contributed by atoms with E-state index in [9.17, 15) is 9.59 Å². The van der Waals surface area contributed by atoms with Gasteiger partial charge < -0.3 is 9.73 Å². The molecule has 0 saturated heterocycles. The van der Waals surface area contributed by atoms with E-state index in [-0.39, 0.29) is 28.5 Å². The van der Waals surface area contributed by atoms with E-state index < -0.39 is 0 Å². The van der Waals surface area contributed by atoms with Crippen molar-refractivity contribution in [1.29, 1.82) is 0 Å². The fourth-order valence-electron chi connectivity index (χ4n) is 2.41. The largest absolute Gasteiger partial charge is 0.445 e. The molecule has 0 radical (unpaired) electrons. The summed E-state index contributed by atoms with van der Waals surface area (Å²) in [6.45, 7) is 0. The fraction of sp³-hybridized carbons (Fsp3) is 0. The summed E-state index contributed by atoms with van der Waals surface area (Å²) in [5.41, 5.74) is 1.98. The van der Waals surface area contributed by atoms with Crippen LogP contribution in [0.5, 0.6) is 0 Å². The van der Waals surface area contributed by atoms with Crippen molar-refractivity contribution in [2.24, 2.45) is 0 Å². The standard InChI is InChI=1S/C17H10N4O3/c22-14-7-13(16(23)12-8-18-9-20-15(12)14)21-11-3-1-10(2-4-11)17-19-5-6-24-17/h1-9,21H. The number of hydrogen-bond acceptors (Lipinski definition) is 7. The fourth-order valence-corrected chi connectivity index (χ4v) is 2.41. The van der Waals surface area contributed by atoms with Crippen molar-refractivity contribution in [2.75, 3.05) is 5.32 Å². The van der Waals surface area contributed by atoms with E-state index in [0.29, 0.717) is 11.6 Å². The number of aromatic nitrogens is 3. The van der Waals surface area contributed by atoms with Crippen molar-refractivity contribution in [3.63, 3.8) is 0 Å². The first-order valence-corrected chi connectivity index (χ1v) is 7.10. The minimum Gasteiger partial charge on any atom is -0.445 e. The summed E-state index contributed by atoms with van der Waals surface area (Å²) in [5.74, 6) is -0.136. The van der Waals surface area contributed by atoms with Gasteiger partial charge in [-0.3, -0.25) is 9.59 Å². The Labute approximate surface area is 136 Å². The molecular weight excluding hydrogens is 308 g/mol. The third-order valence-corrected chi connectivity index (χ3v) is 3.55. The van der Waals surface area contributed by atoms with Crippen molar-refractivity contribution in [3.05, 3.63) is 72.3 Å². The van der Waals surface area contributed by atoms with Crippen molar-refractivity contribution in [1.82, 2.24) is 15.0 Å². The van der Waals surface area contributed by atoms with Crippen LogP contribution in [0.1, 0.15) is 20.8 Å². The molecule has 4 rings (SSSR count). The number of hydrogen-bond donors (Lipinski definition) is 1. The molecule has 0 amide bonds. The predicted octanol–water partition coefficient (Wildman–Crippen LogP) is 2.51. The van der Waals surface area contributed by atoms with Gasteiger partial charge in [0, 0.05) is 23.5 Å². The number of ketones is 2. The maximum absolute atomic E-state index is 12.4. The number of rotatable bonds is 3. The van der Waals surface area contributed by atoms with Crippen LogP contribution in [0.15, 0.2) is 65.4 Å². The van der Waals surface area contributed by atoms with Gasteiger partial charge in [-0.2, -0.15) is 0 Å². The molecule has 0 saturated carbocycles. The molecule has 0 bridgehead atoms. The predicted molar refractivity (Wildman–Crippen MR) is 84.3 cm³/mol. The number of Topliss-reactive ketones (excluding diaryl/α,β-unsaturated/α-hetero) is 1. The molecule has 0 aliphatic heterocycles. The number of nitrogens with one attached hydrogen (secondary N) is 1. The molecule has 2 aromatic heterocycles. The number of carbonyl (C=O) groups is 2. The molecule has 24 heavy (non-hydrogen) atoms. The van der Waals surface area contributed by atoms with Gasteiger partial charge >= 0.3 is 0 Å². The van der Waals surface area contributed by atoms with Crippen molar-refractivity contribution in [3.8, 4) is 11.5 Å². The second-order valence-electron chi connectivity index (χ2n) is 5.08. The van der Waals surface area contributed by atoms with Crippen molar-refractivity contribution in [2.45, 2.75) is 0 Å². The Hall–Kier alpha value is -3.61. The highest BCUT2D eigenvalue weighted by Crippen LogP contribution is 2.23. The quantitative estimate of drug-likeness (QED) is 0.792. The van der Waals surface area contributed by atoms with Gasteiger partial charge in [0.2, 0.25) is 17.5 Å². The van der Waals surface area contributed by atoms with Gasteiger partial charge in [-0.25, -0.2) is 15.0 Å². The van der Waals surface area contributed by atoms with Crippen LogP contribution < -0.4 is 5.32 Å². The van der Waals surface area contributed by atoms with Crippen LogP contribution >= 0.6 is 0 Å². The van der Waals surface area contributed by atoms with E-state index in [4.69, 9.17) is 4.42 Å². The number of fused-ring (bicyclic) bond motifs is 1. The summed E-state index contributed by atoms with van der Waals surface area (Å²) in [6, 6.07) is 7.16. The minimum atomic E-state index is -0.328. The molecule has 1 aromatic carbocycles. The van der Waals surface area contributed by atoms with Crippen molar-refractivity contribution >= 4 is 17.3 Å². The molecule has 1 aliphatic rings. The van der Waals surface area contributed by atoms with Crippen LogP contribution in [-0.4, -0.2) is 26.5 Å². The Kier molecular flexibility index (Phi) is 3.24. The van der Waals surface area contributed by atoms with Gasteiger partial charge in [-0.05, 0) is 24.3 Å². The maximum Gasteiger partial charge on any atom is 0.225 e. The molecule has 2 heterocycles. The van der Waals surface area contributed by atoms with E-state index in [0.717, 1.165) is 5.56 Å². The molecule has 1 aliphatic carbocycles. The molecule has 1 N–H and O–H groups in total. The average molecular weight is 318 g/mol. The number of carbonyl (C=O) groups excluding carboxylic acids is 2. The van der Waals surface area contributed by atoms with E-state index in [1.165, 1.54) is 24.9 Å². The Balaban J connectivity index is 1.60. The van der Waals surface area contributed by atoms with E-state index in [1.807, 2.05) is 0 Å². The van der Waals surface area contributed by atoms with Gasteiger partial charge in [-0.1, -0.05) is 0 Å². The summed E-state index contributed by atoms with van der Waals surface area (Å²) in [4.78, 5) is 36.2. The van der Waals surface area contributed by atoms with Crippen LogP contribution in [-0.2, 0) is 0 Å². The first-order chi connectivity index (χ1) is 11.7. The Bertz CT molecular complexity index is 960. The summed E-state index contributed by atoms with van der Waals surface area (Å²) in [5, 5.41) is 2.96. The van der Waals surface area contributed by atoms with E-state index in [1.54, 1.807) is 30.5 Å². The molecule has 0 atom stereocenters. The molecule has 0 unspecified atom stereocenters. The topological polar surface area (TPSA) is 98.0 Å². The average Bonchev–Trinajstić information content (AvgIpc) is 3.15. The van der Waals surface area contributed by atoms with Crippen LogP contribution in [0.4, 0.5) is 5.69 Å². The number of benzene rings is 1. The molecule has 116 valence electrons. The normalized spacial score (nSPS) is 13.4. The molecular formula is C17H10N4O3. The lowest BCUT2D eigenvalue weighted by Crippen LogP contribution is -2.22. The maximum atomic E-state index is 12.4. The number of anilines is 1. The van der Waals surface area contributed by atoms with Crippen LogP contribution in [0.3, 0.4) is 0 Å². The summed E-state index contributed by atoms with van der Waals surface area (Å²) in [7, 11) is 0. The smallest absolute Gasteiger partial charge is 0.225 e. The first-order valence-electron chi connectivity index (χ1n) is 7.10. The summed E-state index contributed by atoms with van der Waals surface area (Å²) < 4.78 is 5.22. The third kappa shape index (κ3) is 2.38. The summed E-state index contributed by atoms with van der Waals surface area (Å²) in [6.07, 6.45) is 6.91. The van der Waals surface area contributed by atoms with Gasteiger partial charge in [0.05, 0.1) is 17.5 Å². The zero-order valence-corrected chi connectivity index (χ0v) is 12.3. The highest BCUT2D eigenvalue weighted by molar-refractivity contribution is 6.24. The van der Waals surface area contributed by atoms with Crippen LogP contribution in [0.25, 0.3) is 11.5 Å². The highest BCUT2D eigenvalue weighted by atomic mass is 16.3. The molecule has 0 fully saturated rings. The SMILES string of the molecule is O=C1C(Nc2ccc(-c3ncco3)cc2)=CC(=O)c2ncncc21. The highest BCUT2D eigenvalue weighted by Gasteiger charge is 2.27. The van der Waals surface area contributed by atoms with Gasteiger partial charge in [0.15, 0.2) is 0 Å². The number of nitrogens with zero attached hydrogens (tertiary/aromatic N) is 3. The van der Waals surface area contributed by atoms with Crippen molar-refractivity contribution < 1.29 is 14.0 Å². The molecule has 0 spiro atoms. The minimum absolute atomic E-state index is 0.125. The Morgan fingerprint density at radius 2 is 1.88 bits per heavy atom. The molecule has 7 heteroatoms. The first kappa shape index (κ1) is 14.0. The monoisotopic (exact) mass is 318 g/mol. The van der Waals surface area contributed by atoms with Gasteiger partial charge in [0.25, 0.3) is 0 Å². The zero-order chi connectivity index (χ0) is 16.5. The van der Waals surface area contributed by atoms with Gasteiger partial charge in [0.1, 0.15) is 18.3 Å². The Morgan fingerprint density at radius 1 is 1.04 bits per heavy atom. The number of oxazole rings is 1. The number of allylic oxidation sites excluding steroid dienone is 2. The summed E-state index contributed by atoms with van der Waals surface area (Å²) >= 11 is 0. The lowest BCUT2D eigenvalue weighted by molar-refractivity contribution is 0.0981. The van der Waals surface area contributed by atoms with Crippen LogP contribution in [0, 0.1) is 0 Å². The Morgan fingerprint density at radius 3 is 2.62 bits per heavy atom. The van der Waals surface area contributed by atoms with Gasteiger partial charge in [-0.15, -0.1) is 0 Å². The second kappa shape index (κ2) is 5.54.